The van der Waals surface area contributed by atoms with Gasteiger partial charge in [0, 0.05) is 17.0 Å². The normalized spacial score (nSPS) is 14.4. The number of thiophene rings is 1. The van der Waals surface area contributed by atoms with Crippen molar-refractivity contribution in [2.24, 2.45) is 0 Å². The molecular weight excluding hydrogens is 351 g/mol. The maximum atomic E-state index is 13.2. The minimum atomic E-state index is -0.298. The molecule has 3 aromatic rings. The second-order valence-electron chi connectivity index (χ2n) is 5.98. The number of carbonyl (C=O) groups is 1. The molecule has 2 heterocycles. The highest BCUT2D eigenvalue weighted by molar-refractivity contribution is 7.11. The van der Waals surface area contributed by atoms with Crippen molar-refractivity contribution in [1.82, 2.24) is 0 Å². The predicted molar refractivity (Wildman–Crippen MR) is 99.2 cm³/mol. The van der Waals surface area contributed by atoms with Gasteiger partial charge in [0.2, 0.25) is 5.78 Å². The SMILES string of the molecule is Cc1ccsc1/C=C1\Oc2cc(OCc3cccc(F)c3)ccc2C1=O. The van der Waals surface area contributed by atoms with Gasteiger partial charge in [0.1, 0.15) is 23.9 Å². The second kappa shape index (κ2) is 6.77. The number of benzene rings is 2. The smallest absolute Gasteiger partial charge is 0.232 e. The van der Waals surface area contributed by atoms with E-state index in [1.54, 1.807) is 47.7 Å². The molecule has 0 radical (unpaired) electrons. The fourth-order valence-electron chi connectivity index (χ4n) is 2.70. The third-order valence-electron chi connectivity index (χ3n) is 4.10. The van der Waals surface area contributed by atoms with E-state index in [0.717, 1.165) is 16.0 Å². The monoisotopic (exact) mass is 366 g/mol. The van der Waals surface area contributed by atoms with Crippen LogP contribution in [0.3, 0.4) is 0 Å². The van der Waals surface area contributed by atoms with Crippen molar-refractivity contribution in [1.29, 1.82) is 0 Å². The first-order valence-electron chi connectivity index (χ1n) is 8.10. The molecule has 0 amide bonds. The first kappa shape index (κ1) is 16.5. The van der Waals surface area contributed by atoms with Gasteiger partial charge in [0.15, 0.2) is 5.76 Å². The standard InChI is InChI=1S/C21H15FO3S/c1-13-7-8-26-20(13)11-19-21(23)17-6-5-16(10-18(17)25-19)24-12-14-3-2-4-15(22)9-14/h2-11H,12H2,1H3/b19-11-. The lowest BCUT2D eigenvalue weighted by Crippen LogP contribution is -1.97. The summed E-state index contributed by atoms with van der Waals surface area (Å²) in [5, 5.41) is 1.98. The van der Waals surface area contributed by atoms with E-state index in [-0.39, 0.29) is 18.2 Å². The van der Waals surface area contributed by atoms with E-state index in [4.69, 9.17) is 9.47 Å². The second-order valence-corrected chi connectivity index (χ2v) is 6.93. The Morgan fingerprint density at radius 2 is 2.08 bits per heavy atom. The van der Waals surface area contributed by atoms with E-state index in [1.165, 1.54) is 12.1 Å². The molecule has 130 valence electrons. The van der Waals surface area contributed by atoms with Crippen LogP contribution in [0.15, 0.2) is 59.7 Å². The number of Topliss-reactive ketones (excluding diaryl/α,β-unsaturated/α-hetero) is 1. The van der Waals surface area contributed by atoms with Gasteiger partial charge in [-0.25, -0.2) is 4.39 Å². The molecular formula is C21H15FO3S. The molecule has 0 aliphatic carbocycles. The average Bonchev–Trinajstić information content (AvgIpc) is 3.17. The zero-order valence-electron chi connectivity index (χ0n) is 14.0. The van der Waals surface area contributed by atoms with Crippen LogP contribution in [0, 0.1) is 12.7 Å². The average molecular weight is 366 g/mol. The Balaban J connectivity index is 1.52. The van der Waals surface area contributed by atoms with Crippen LogP contribution in [0.25, 0.3) is 6.08 Å². The van der Waals surface area contributed by atoms with Gasteiger partial charge in [-0.05, 0) is 53.8 Å². The predicted octanol–water partition coefficient (Wildman–Crippen LogP) is 5.39. The molecule has 0 spiro atoms. The van der Waals surface area contributed by atoms with Gasteiger partial charge in [-0.2, -0.15) is 0 Å². The summed E-state index contributed by atoms with van der Waals surface area (Å²) >= 11 is 1.56. The summed E-state index contributed by atoms with van der Waals surface area (Å²) in [7, 11) is 0. The summed E-state index contributed by atoms with van der Waals surface area (Å²) in [5.41, 5.74) is 2.36. The van der Waals surface area contributed by atoms with Crippen LogP contribution >= 0.6 is 11.3 Å². The highest BCUT2D eigenvalue weighted by atomic mass is 32.1. The summed E-state index contributed by atoms with van der Waals surface area (Å²) in [6.45, 7) is 2.23. The highest BCUT2D eigenvalue weighted by Gasteiger charge is 2.28. The maximum Gasteiger partial charge on any atom is 0.232 e. The summed E-state index contributed by atoms with van der Waals surface area (Å²) < 4.78 is 24.7. The summed E-state index contributed by atoms with van der Waals surface area (Å²) in [4.78, 5) is 13.5. The lowest BCUT2D eigenvalue weighted by molar-refractivity contribution is 0.101. The fraction of sp³-hybridized carbons (Fsp3) is 0.0952. The molecule has 0 bridgehead atoms. The summed E-state index contributed by atoms with van der Waals surface area (Å²) in [6, 6.07) is 13.4. The lowest BCUT2D eigenvalue weighted by atomic mass is 10.1. The molecule has 4 rings (SSSR count). The molecule has 0 unspecified atom stereocenters. The molecule has 1 aliphatic rings. The van der Waals surface area contributed by atoms with Crippen molar-refractivity contribution >= 4 is 23.2 Å². The molecule has 1 aliphatic heterocycles. The molecule has 26 heavy (non-hydrogen) atoms. The summed E-state index contributed by atoms with van der Waals surface area (Å²) in [6.07, 6.45) is 1.77. The first-order chi connectivity index (χ1) is 12.6. The first-order valence-corrected chi connectivity index (χ1v) is 8.98. The minimum Gasteiger partial charge on any atom is -0.489 e. The zero-order valence-corrected chi connectivity index (χ0v) is 14.8. The molecule has 0 N–H and O–H groups in total. The topological polar surface area (TPSA) is 35.5 Å². The number of hydrogen-bond donors (Lipinski definition) is 0. The third-order valence-corrected chi connectivity index (χ3v) is 5.07. The van der Waals surface area contributed by atoms with Gasteiger partial charge in [-0.3, -0.25) is 4.79 Å². The maximum absolute atomic E-state index is 13.2. The van der Waals surface area contributed by atoms with Gasteiger partial charge in [-0.1, -0.05) is 12.1 Å². The van der Waals surface area contributed by atoms with Gasteiger partial charge >= 0.3 is 0 Å². The Kier molecular flexibility index (Phi) is 4.31. The molecule has 0 saturated heterocycles. The Morgan fingerprint density at radius 1 is 1.19 bits per heavy atom. The zero-order chi connectivity index (χ0) is 18.1. The van der Waals surface area contributed by atoms with E-state index >= 15 is 0 Å². The third kappa shape index (κ3) is 3.26. The van der Waals surface area contributed by atoms with E-state index in [1.807, 2.05) is 18.4 Å². The number of ether oxygens (including phenoxy) is 2. The van der Waals surface area contributed by atoms with Crippen LogP contribution in [-0.4, -0.2) is 5.78 Å². The largest absolute Gasteiger partial charge is 0.489 e. The Bertz CT molecular complexity index is 1020. The molecule has 0 fully saturated rings. The van der Waals surface area contributed by atoms with Gasteiger partial charge in [0.25, 0.3) is 0 Å². The Hall–Kier alpha value is -2.92. The van der Waals surface area contributed by atoms with Gasteiger partial charge < -0.3 is 9.47 Å². The van der Waals surface area contributed by atoms with Crippen molar-refractivity contribution in [2.45, 2.75) is 13.5 Å². The van der Waals surface area contributed by atoms with Crippen LogP contribution in [0.2, 0.25) is 0 Å². The molecule has 3 nitrogen and oxygen atoms in total. The quantitative estimate of drug-likeness (QED) is 0.581. The number of carbonyl (C=O) groups excluding carboxylic acids is 1. The molecule has 2 aromatic carbocycles. The van der Waals surface area contributed by atoms with E-state index in [9.17, 15) is 9.18 Å². The van der Waals surface area contributed by atoms with E-state index in [0.29, 0.717) is 22.8 Å². The lowest BCUT2D eigenvalue weighted by Gasteiger charge is -2.07. The Labute approximate surface area is 154 Å². The van der Waals surface area contributed by atoms with Gasteiger partial charge in [-0.15, -0.1) is 11.3 Å². The van der Waals surface area contributed by atoms with Crippen LogP contribution in [0.5, 0.6) is 11.5 Å². The molecule has 1 aromatic heterocycles. The van der Waals surface area contributed by atoms with Crippen LogP contribution in [-0.2, 0) is 6.61 Å². The number of ketones is 1. The van der Waals surface area contributed by atoms with Crippen molar-refractivity contribution in [2.75, 3.05) is 0 Å². The molecule has 0 atom stereocenters. The van der Waals surface area contributed by atoms with Crippen LogP contribution in [0.1, 0.15) is 26.4 Å². The van der Waals surface area contributed by atoms with Crippen LogP contribution in [0.4, 0.5) is 4.39 Å². The van der Waals surface area contributed by atoms with Gasteiger partial charge in [0.05, 0.1) is 5.56 Å². The minimum absolute atomic E-state index is 0.135. The number of aryl methyl sites for hydroxylation is 1. The number of fused-ring (bicyclic) bond motifs is 1. The van der Waals surface area contributed by atoms with Crippen molar-refractivity contribution in [3.63, 3.8) is 0 Å². The summed E-state index contributed by atoms with van der Waals surface area (Å²) in [5.74, 6) is 0.923. The van der Waals surface area contributed by atoms with E-state index in [2.05, 4.69) is 0 Å². The highest BCUT2D eigenvalue weighted by Crippen LogP contribution is 2.35. The van der Waals surface area contributed by atoms with Crippen molar-refractivity contribution in [3.05, 3.63) is 87.1 Å². The van der Waals surface area contributed by atoms with Crippen LogP contribution < -0.4 is 9.47 Å². The molecule has 0 saturated carbocycles. The van der Waals surface area contributed by atoms with Crippen molar-refractivity contribution < 1.29 is 18.7 Å². The number of allylic oxidation sites excluding steroid dienone is 1. The van der Waals surface area contributed by atoms with E-state index < -0.39 is 0 Å². The van der Waals surface area contributed by atoms with Crippen molar-refractivity contribution in [3.8, 4) is 11.5 Å². The fourth-order valence-corrected chi connectivity index (χ4v) is 3.55. The Morgan fingerprint density at radius 3 is 2.85 bits per heavy atom. The molecule has 5 heteroatoms. The number of hydrogen-bond acceptors (Lipinski definition) is 4. The number of rotatable bonds is 4. The number of halogens is 1.